The van der Waals surface area contributed by atoms with Crippen LogP contribution in [0, 0.1) is 0 Å². The molecular formula is C10H16N2S. The average Bonchev–Trinajstić information content (AvgIpc) is 2.62. The van der Waals surface area contributed by atoms with Gasteiger partial charge in [-0.1, -0.05) is 6.92 Å². The number of hydrogen-bond donors (Lipinski definition) is 1. The Kier molecular flexibility index (Phi) is 2.96. The molecule has 0 aromatic carbocycles. The maximum atomic E-state index is 4.45. The highest BCUT2D eigenvalue weighted by Gasteiger charge is 2.21. The molecule has 1 aliphatic rings. The van der Waals surface area contributed by atoms with Crippen molar-refractivity contribution in [1.29, 1.82) is 0 Å². The first-order valence-electron chi connectivity index (χ1n) is 5.07. The van der Waals surface area contributed by atoms with Crippen molar-refractivity contribution < 1.29 is 0 Å². The van der Waals surface area contributed by atoms with Gasteiger partial charge in [-0.2, -0.15) is 0 Å². The van der Waals surface area contributed by atoms with Crippen molar-refractivity contribution in [2.24, 2.45) is 0 Å². The van der Waals surface area contributed by atoms with Crippen LogP contribution in [0.25, 0.3) is 0 Å². The van der Waals surface area contributed by atoms with E-state index in [4.69, 9.17) is 0 Å². The average molecular weight is 196 g/mol. The summed E-state index contributed by atoms with van der Waals surface area (Å²) in [5, 5.41) is 3.56. The molecule has 0 saturated heterocycles. The van der Waals surface area contributed by atoms with Crippen molar-refractivity contribution in [1.82, 2.24) is 10.3 Å². The summed E-state index contributed by atoms with van der Waals surface area (Å²) in [5.41, 5.74) is 3.31. The van der Waals surface area contributed by atoms with Crippen LogP contribution in [0.4, 0.5) is 0 Å². The molecule has 3 heteroatoms. The lowest BCUT2D eigenvalue weighted by atomic mass is 9.98. The van der Waals surface area contributed by atoms with E-state index in [2.05, 4.69) is 17.2 Å². The van der Waals surface area contributed by atoms with Gasteiger partial charge >= 0.3 is 0 Å². The van der Waals surface area contributed by atoms with Crippen LogP contribution >= 0.6 is 11.3 Å². The molecule has 0 spiro atoms. The molecule has 1 aromatic rings. The second-order valence-corrected chi connectivity index (χ2v) is 4.50. The Bertz CT molecular complexity index is 270. The Morgan fingerprint density at radius 2 is 2.62 bits per heavy atom. The first-order chi connectivity index (χ1) is 6.42. The lowest BCUT2D eigenvalue weighted by Crippen LogP contribution is -2.25. The van der Waals surface area contributed by atoms with Gasteiger partial charge in [0.05, 0.1) is 17.2 Å². The first-order valence-corrected chi connectivity index (χ1v) is 5.95. The molecule has 13 heavy (non-hydrogen) atoms. The molecule has 0 bridgehead atoms. The fourth-order valence-electron chi connectivity index (χ4n) is 1.87. The van der Waals surface area contributed by atoms with Gasteiger partial charge in [0.2, 0.25) is 0 Å². The zero-order valence-electron chi connectivity index (χ0n) is 8.05. The Morgan fingerprint density at radius 1 is 1.69 bits per heavy atom. The number of hydrogen-bond acceptors (Lipinski definition) is 3. The van der Waals surface area contributed by atoms with Crippen molar-refractivity contribution in [3.05, 3.63) is 16.1 Å². The van der Waals surface area contributed by atoms with Crippen molar-refractivity contribution >= 4 is 11.3 Å². The van der Waals surface area contributed by atoms with Crippen molar-refractivity contribution in [3.63, 3.8) is 0 Å². The highest BCUT2D eigenvalue weighted by Crippen LogP contribution is 2.30. The fourth-order valence-corrected chi connectivity index (χ4v) is 2.74. The predicted molar refractivity (Wildman–Crippen MR) is 56.1 cm³/mol. The topological polar surface area (TPSA) is 24.9 Å². The van der Waals surface area contributed by atoms with E-state index in [1.807, 2.05) is 16.8 Å². The van der Waals surface area contributed by atoms with E-state index < -0.39 is 0 Å². The second kappa shape index (κ2) is 4.20. The van der Waals surface area contributed by atoms with Crippen LogP contribution in [0.2, 0.25) is 0 Å². The van der Waals surface area contributed by atoms with Gasteiger partial charge in [0, 0.05) is 4.88 Å². The molecule has 0 saturated carbocycles. The Balaban J connectivity index is 2.07. The summed E-state index contributed by atoms with van der Waals surface area (Å²) in [4.78, 5) is 5.95. The summed E-state index contributed by atoms with van der Waals surface area (Å²) in [7, 11) is 0. The monoisotopic (exact) mass is 196 g/mol. The van der Waals surface area contributed by atoms with E-state index >= 15 is 0 Å². The van der Waals surface area contributed by atoms with Crippen LogP contribution in [0.3, 0.4) is 0 Å². The molecule has 0 aliphatic heterocycles. The molecule has 0 radical (unpaired) electrons. The zero-order valence-corrected chi connectivity index (χ0v) is 8.86. The number of rotatable bonds is 3. The van der Waals surface area contributed by atoms with Crippen molar-refractivity contribution in [2.45, 2.75) is 38.6 Å². The third-order valence-electron chi connectivity index (χ3n) is 2.54. The van der Waals surface area contributed by atoms with Crippen LogP contribution in [-0.2, 0) is 6.42 Å². The van der Waals surface area contributed by atoms with Crippen LogP contribution in [0.1, 0.15) is 42.8 Å². The predicted octanol–water partition coefficient (Wildman–Crippen LogP) is 2.52. The second-order valence-electron chi connectivity index (χ2n) is 3.56. The number of nitrogens with zero attached hydrogens (tertiary/aromatic N) is 1. The third-order valence-corrected chi connectivity index (χ3v) is 3.45. The number of nitrogens with one attached hydrogen (secondary N) is 1. The summed E-state index contributed by atoms with van der Waals surface area (Å²) in [5.74, 6) is 0. The number of thiazole rings is 1. The SMILES string of the molecule is CCCNC1CCCc2scnc21. The fraction of sp³-hybridized carbons (Fsp3) is 0.700. The van der Waals surface area contributed by atoms with Gasteiger partial charge in [0.15, 0.2) is 0 Å². The van der Waals surface area contributed by atoms with E-state index in [9.17, 15) is 0 Å². The highest BCUT2D eigenvalue weighted by molar-refractivity contribution is 7.09. The van der Waals surface area contributed by atoms with Gasteiger partial charge in [0.25, 0.3) is 0 Å². The summed E-state index contributed by atoms with van der Waals surface area (Å²) in [6, 6.07) is 0.537. The Morgan fingerprint density at radius 3 is 3.46 bits per heavy atom. The lowest BCUT2D eigenvalue weighted by Gasteiger charge is -2.22. The standard InChI is InChI=1S/C10H16N2S/c1-2-6-11-8-4-3-5-9-10(8)12-7-13-9/h7-8,11H,2-6H2,1H3. The third kappa shape index (κ3) is 1.92. The maximum Gasteiger partial charge on any atom is 0.0798 e. The summed E-state index contributed by atoms with van der Waals surface area (Å²) >= 11 is 1.81. The molecular weight excluding hydrogens is 180 g/mol. The van der Waals surface area contributed by atoms with E-state index in [1.165, 1.54) is 36.3 Å². The maximum absolute atomic E-state index is 4.45. The molecule has 2 rings (SSSR count). The molecule has 1 aromatic heterocycles. The quantitative estimate of drug-likeness (QED) is 0.803. The molecule has 1 unspecified atom stereocenters. The van der Waals surface area contributed by atoms with Crippen LogP contribution < -0.4 is 5.32 Å². The smallest absolute Gasteiger partial charge is 0.0798 e. The van der Waals surface area contributed by atoms with Crippen LogP contribution in [0.5, 0.6) is 0 Å². The summed E-state index contributed by atoms with van der Waals surface area (Å²) in [6.45, 7) is 3.32. The van der Waals surface area contributed by atoms with Crippen LogP contribution in [0.15, 0.2) is 5.51 Å². The van der Waals surface area contributed by atoms with Gasteiger partial charge in [-0.05, 0) is 32.2 Å². The minimum Gasteiger partial charge on any atom is -0.309 e. The Hall–Kier alpha value is -0.410. The first kappa shape index (κ1) is 9.16. The van der Waals surface area contributed by atoms with E-state index in [-0.39, 0.29) is 0 Å². The molecule has 0 amide bonds. The normalized spacial score (nSPS) is 21.5. The molecule has 0 fully saturated rings. The molecule has 1 N–H and O–H groups in total. The van der Waals surface area contributed by atoms with E-state index in [1.54, 1.807) is 0 Å². The zero-order chi connectivity index (χ0) is 9.10. The highest BCUT2D eigenvalue weighted by atomic mass is 32.1. The number of fused-ring (bicyclic) bond motifs is 1. The molecule has 1 atom stereocenters. The van der Waals surface area contributed by atoms with Gasteiger partial charge in [-0.3, -0.25) is 0 Å². The minimum atomic E-state index is 0.537. The van der Waals surface area contributed by atoms with Gasteiger partial charge in [0.1, 0.15) is 0 Å². The minimum absolute atomic E-state index is 0.537. The van der Waals surface area contributed by atoms with E-state index in [0.717, 1.165) is 6.54 Å². The molecule has 2 nitrogen and oxygen atoms in total. The number of aryl methyl sites for hydroxylation is 1. The van der Waals surface area contributed by atoms with Crippen molar-refractivity contribution in [3.8, 4) is 0 Å². The van der Waals surface area contributed by atoms with Gasteiger partial charge < -0.3 is 5.32 Å². The number of aromatic nitrogens is 1. The van der Waals surface area contributed by atoms with Gasteiger partial charge in [-0.15, -0.1) is 11.3 Å². The van der Waals surface area contributed by atoms with Crippen molar-refractivity contribution in [2.75, 3.05) is 6.54 Å². The van der Waals surface area contributed by atoms with Gasteiger partial charge in [-0.25, -0.2) is 4.98 Å². The Labute approximate surface area is 83.4 Å². The summed E-state index contributed by atoms with van der Waals surface area (Å²) < 4.78 is 0. The largest absolute Gasteiger partial charge is 0.309 e. The van der Waals surface area contributed by atoms with E-state index in [0.29, 0.717) is 6.04 Å². The lowest BCUT2D eigenvalue weighted by molar-refractivity contribution is 0.454. The summed E-state index contributed by atoms with van der Waals surface area (Å²) in [6.07, 6.45) is 5.02. The molecule has 1 heterocycles. The van der Waals surface area contributed by atoms with Crippen LogP contribution in [-0.4, -0.2) is 11.5 Å². The molecule has 1 aliphatic carbocycles. The molecule has 72 valence electrons.